The predicted octanol–water partition coefficient (Wildman–Crippen LogP) is 3.50. The van der Waals surface area contributed by atoms with E-state index >= 15 is 0 Å². The third-order valence-corrected chi connectivity index (χ3v) is 5.65. The normalized spacial score (nSPS) is 16.5. The SMILES string of the molecule is CC(C)c1c(C(=O)NC[C@@H](C(C)C)N2CCOCC2)cnn1-c1ccc(C(F)(F)F)cn1. The van der Waals surface area contributed by atoms with Crippen LogP contribution in [0, 0.1) is 5.92 Å². The van der Waals surface area contributed by atoms with Crippen molar-refractivity contribution in [2.75, 3.05) is 32.8 Å². The van der Waals surface area contributed by atoms with Crippen LogP contribution >= 0.6 is 0 Å². The average molecular weight is 454 g/mol. The lowest BCUT2D eigenvalue weighted by Gasteiger charge is -2.36. The van der Waals surface area contributed by atoms with Crippen molar-refractivity contribution in [1.82, 2.24) is 25.0 Å². The van der Waals surface area contributed by atoms with Gasteiger partial charge in [-0.3, -0.25) is 9.69 Å². The molecule has 1 aliphatic heterocycles. The first kappa shape index (κ1) is 24.2. The topological polar surface area (TPSA) is 72.3 Å². The van der Waals surface area contributed by atoms with E-state index in [1.54, 1.807) is 0 Å². The van der Waals surface area contributed by atoms with Gasteiger partial charge in [0, 0.05) is 31.9 Å². The van der Waals surface area contributed by atoms with Crippen LogP contribution in [-0.2, 0) is 10.9 Å². The van der Waals surface area contributed by atoms with Crippen LogP contribution in [0.3, 0.4) is 0 Å². The van der Waals surface area contributed by atoms with Crippen LogP contribution in [0.15, 0.2) is 24.5 Å². The van der Waals surface area contributed by atoms with Crippen molar-refractivity contribution in [2.45, 2.75) is 45.8 Å². The lowest BCUT2D eigenvalue weighted by Crippen LogP contribution is -2.51. The van der Waals surface area contributed by atoms with E-state index in [0.29, 0.717) is 36.9 Å². The van der Waals surface area contributed by atoms with E-state index in [-0.39, 0.29) is 23.7 Å². The van der Waals surface area contributed by atoms with Gasteiger partial charge in [0.15, 0.2) is 5.82 Å². The Morgan fingerprint density at radius 2 is 1.84 bits per heavy atom. The van der Waals surface area contributed by atoms with Gasteiger partial charge in [0.25, 0.3) is 5.91 Å². The van der Waals surface area contributed by atoms with Gasteiger partial charge in [-0.25, -0.2) is 9.67 Å². The number of amides is 1. The molecule has 1 N–H and O–H groups in total. The van der Waals surface area contributed by atoms with Crippen molar-refractivity contribution < 1.29 is 22.7 Å². The summed E-state index contributed by atoms with van der Waals surface area (Å²) >= 11 is 0. The fraction of sp³-hybridized carbons (Fsp3) is 0.591. The van der Waals surface area contributed by atoms with Crippen molar-refractivity contribution >= 4 is 5.91 Å². The smallest absolute Gasteiger partial charge is 0.379 e. The Kier molecular flexibility index (Phi) is 7.55. The van der Waals surface area contributed by atoms with Crippen LogP contribution < -0.4 is 5.32 Å². The molecule has 2 aromatic rings. The largest absolute Gasteiger partial charge is 0.417 e. The number of pyridine rings is 1. The minimum atomic E-state index is -4.46. The van der Waals surface area contributed by atoms with Gasteiger partial charge in [-0.15, -0.1) is 0 Å². The lowest BCUT2D eigenvalue weighted by atomic mass is 10.0. The van der Waals surface area contributed by atoms with E-state index in [1.807, 2.05) is 13.8 Å². The number of aromatic nitrogens is 3. The van der Waals surface area contributed by atoms with Gasteiger partial charge in [0.1, 0.15) is 0 Å². The van der Waals surface area contributed by atoms with E-state index < -0.39 is 11.7 Å². The Labute approximate surface area is 186 Å². The predicted molar refractivity (Wildman–Crippen MR) is 114 cm³/mol. The Morgan fingerprint density at radius 3 is 2.38 bits per heavy atom. The number of nitrogens with zero attached hydrogens (tertiary/aromatic N) is 4. The van der Waals surface area contributed by atoms with Gasteiger partial charge in [-0.2, -0.15) is 18.3 Å². The second kappa shape index (κ2) is 9.99. The summed E-state index contributed by atoms with van der Waals surface area (Å²) in [4.78, 5) is 19.3. The van der Waals surface area contributed by atoms with Crippen molar-refractivity contribution in [3.05, 3.63) is 41.3 Å². The zero-order valence-electron chi connectivity index (χ0n) is 18.8. The number of ether oxygens (including phenoxy) is 1. The van der Waals surface area contributed by atoms with E-state index in [0.717, 1.165) is 25.4 Å². The number of morpholine rings is 1. The summed E-state index contributed by atoms with van der Waals surface area (Å²) in [5.74, 6) is 0.222. The van der Waals surface area contributed by atoms with E-state index in [4.69, 9.17) is 4.74 Å². The number of alkyl halides is 3. The number of nitrogens with one attached hydrogen (secondary N) is 1. The van der Waals surface area contributed by atoms with Crippen LogP contribution in [-0.4, -0.2) is 64.5 Å². The van der Waals surface area contributed by atoms with E-state index in [2.05, 4.69) is 34.1 Å². The van der Waals surface area contributed by atoms with Crippen molar-refractivity contribution in [3.8, 4) is 5.82 Å². The molecule has 7 nitrogen and oxygen atoms in total. The Bertz CT molecular complexity index is 903. The Morgan fingerprint density at radius 1 is 1.16 bits per heavy atom. The van der Waals surface area contributed by atoms with Crippen LogP contribution in [0.4, 0.5) is 13.2 Å². The molecule has 3 heterocycles. The van der Waals surface area contributed by atoms with Crippen LogP contribution in [0.5, 0.6) is 0 Å². The molecule has 1 aliphatic rings. The molecule has 10 heteroatoms. The second-order valence-corrected chi connectivity index (χ2v) is 8.58. The van der Waals surface area contributed by atoms with Gasteiger partial charge < -0.3 is 10.1 Å². The third-order valence-electron chi connectivity index (χ3n) is 5.65. The molecule has 0 saturated carbocycles. The lowest BCUT2D eigenvalue weighted by molar-refractivity contribution is -0.137. The summed E-state index contributed by atoms with van der Waals surface area (Å²) in [5.41, 5.74) is 0.161. The molecule has 1 atom stereocenters. The van der Waals surface area contributed by atoms with E-state index in [9.17, 15) is 18.0 Å². The highest BCUT2D eigenvalue weighted by molar-refractivity contribution is 5.95. The highest BCUT2D eigenvalue weighted by Gasteiger charge is 2.31. The molecule has 0 radical (unpaired) electrons. The van der Waals surface area contributed by atoms with Gasteiger partial charge in [0.05, 0.1) is 36.2 Å². The van der Waals surface area contributed by atoms with Crippen LogP contribution in [0.2, 0.25) is 0 Å². The highest BCUT2D eigenvalue weighted by atomic mass is 19.4. The maximum Gasteiger partial charge on any atom is 0.417 e. The number of carbonyl (C=O) groups is 1. The van der Waals surface area contributed by atoms with Crippen molar-refractivity contribution in [3.63, 3.8) is 0 Å². The molecule has 0 bridgehead atoms. The monoisotopic (exact) mass is 453 g/mol. The maximum atomic E-state index is 13.0. The molecule has 1 amide bonds. The van der Waals surface area contributed by atoms with Gasteiger partial charge >= 0.3 is 6.18 Å². The third kappa shape index (κ3) is 5.47. The molecule has 176 valence electrons. The molecule has 1 fully saturated rings. The number of carbonyl (C=O) groups excluding carboxylic acids is 1. The first-order chi connectivity index (χ1) is 15.1. The molecule has 3 rings (SSSR count). The zero-order chi connectivity index (χ0) is 23.5. The average Bonchev–Trinajstić information content (AvgIpc) is 3.19. The van der Waals surface area contributed by atoms with Crippen LogP contribution in [0.1, 0.15) is 55.2 Å². The summed E-state index contributed by atoms with van der Waals surface area (Å²) in [5, 5.41) is 7.28. The maximum absolute atomic E-state index is 13.0. The number of hydrogen-bond acceptors (Lipinski definition) is 5. The summed E-state index contributed by atoms with van der Waals surface area (Å²) in [6, 6.07) is 2.40. The van der Waals surface area contributed by atoms with Gasteiger partial charge in [-0.05, 0) is 24.0 Å². The molecule has 2 aromatic heterocycles. The first-order valence-electron chi connectivity index (χ1n) is 10.8. The minimum Gasteiger partial charge on any atom is -0.379 e. The number of hydrogen-bond donors (Lipinski definition) is 1. The molecular weight excluding hydrogens is 423 g/mol. The second-order valence-electron chi connectivity index (χ2n) is 8.58. The van der Waals surface area contributed by atoms with Gasteiger partial charge in [-0.1, -0.05) is 27.7 Å². The Hall–Kier alpha value is -2.46. The van der Waals surface area contributed by atoms with Crippen molar-refractivity contribution in [1.29, 1.82) is 0 Å². The minimum absolute atomic E-state index is 0.0949. The molecular formula is C22H30F3N5O2. The summed E-state index contributed by atoms with van der Waals surface area (Å²) in [6.07, 6.45) is -2.24. The standard InChI is InChI=1S/C22H30F3N5O2/c1-14(2)18(29-7-9-32-10-8-29)13-27-21(31)17-12-28-30(20(17)15(3)4)19-6-5-16(11-26-19)22(23,24)25/h5-6,11-12,14-15,18H,7-10,13H2,1-4H3,(H,27,31)/t18-/m0/s1. The summed E-state index contributed by atoms with van der Waals surface area (Å²) in [6.45, 7) is 11.6. The van der Waals surface area contributed by atoms with E-state index in [1.165, 1.54) is 16.9 Å². The van der Waals surface area contributed by atoms with Crippen LogP contribution in [0.25, 0.3) is 5.82 Å². The quantitative estimate of drug-likeness (QED) is 0.695. The summed E-state index contributed by atoms with van der Waals surface area (Å²) in [7, 11) is 0. The van der Waals surface area contributed by atoms with Gasteiger partial charge in [0.2, 0.25) is 0 Å². The fourth-order valence-corrected chi connectivity index (χ4v) is 3.94. The molecule has 1 saturated heterocycles. The van der Waals surface area contributed by atoms with Crippen molar-refractivity contribution in [2.24, 2.45) is 5.92 Å². The number of halogens is 3. The first-order valence-corrected chi connectivity index (χ1v) is 10.8. The molecule has 32 heavy (non-hydrogen) atoms. The molecule has 0 unspecified atom stereocenters. The zero-order valence-corrected chi connectivity index (χ0v) is 18.8. The fourth-order valence-electron chi connectivity index (χ4n) is 3.94. The molecule has 0 aromatic carbocycles. The Balaban J connectivity index is 1.79. The number of rotatable bonds is 7. The summed E-state index contributed by atoms with van der Waals surface area (Å²) < 4.78 is 45.4. The molecule has 0 aliphatic carbocycles. The molecule has 0 spiro atoms. The highest BCUT2D eigenvalue weighted by Crippen LogP contribution is 2.29.